The summed E-state index contributed by atoms with van der Waals surface area (Å²) >= 11 is 0. The predicted molar refractivity (Wildman–Crippen MR) is 188 cm³/mol. The van der Waals surface area contributed by atoms with Crippen LogP contribution in [0.15, 0.2) is 70.5 Å². The van der Waals surface area contributed by atoms with Crippen molar-refractivity contribution in [2.24, 2.45) is 5.92 Å². The second-order valence-electron chi connectivity index (χ2n) is 13.5. The van der Waals surface area contributed by atoms with E-state index in [0.29, 0.717) is 36.3 Å². The molecule has 3 aliphatic rings. The van der Waals surface area contributed by atoms with Crippen LogP contribution in [0.1, 0.15) is 63.0 Å². The van der Waals surface area contributed by atoms with Gasteiger partial charge in [0, 0.05) is 58.8 Å². The number of fused-ring (bicyclic) bond motifs is 1. The zero-order valence-corrected chi connectivity index (χ0v) is 27.6. The lowest BCUT2D eigenvalue weighted by atomic mass is 9.91. The molecule has 2 aliphatic heterocycles. The van der Waals surface area contributed by atoms with Crippen molar-refractivity contribution in [2.45, 2.75) is 74.0 Å². The van der Waals surface area contributed by atoms with Crippen LogP contribution in [-0.2, 0) is 20.7 Å². The van der Waals surface area contributed by atoms with E-state index >= 15 is 0 Å². The van der Waals surface area contributed by atoms with E-state index in [4.69, 9.17) is 9.72 Å². The lowest BCUT2D eigenvalue weighted by Gasteiger charge is -2.29. The third-order valence-electron chi connectivity index (χ3n) is 10.2. The van der Waals surface area contributed by atoms with E-state index in [1.807, 2.05) is 41.1 Å². The van der Waals surface area contributed by atoms with Crippen molar-refractivity contribution in [1.82, 2.24) is 19.4 Å². The van der Waals surface area contributed by atoms with Crippen molar-refractivity contribution in [2.75, 3.05) is 38.7 Å². The third-order valence-corrected chi connectivity index (χ3v) is 12.8. The first-order chi connectivity index (χ1) is 22.3. The third kappa shape index (κ3) is 6.50. The van der Waals surface area contributed by atoms with Crippen molar-refractivity contribution in [1.29, 1.82) is 0 Å². The molecule has 2 atom stereocenters. The lowest BCUT2D eigenvalue weighted by molar-refractivity contribution is 0.0991. The van der Waals surface area contributed by atoms with Crippen molar-refractivity contribution < 1.29 is 8.95 Å². The number of pyridine rings is 1. The van der Waals surface area contributed by atoms with Crippen LogP contribution in [-0.4, -0.2) is 68.1 Å². The van der Waals surface area contributed by atoms with Crippen LogP contribution in [0.4, 0.5) is 11.6 Å². The van der Waals surface area contributed by atoms with E-state index in [1.165, 1.54) is 24.9 Å². The molecular weight excluding hydrogens is 595 g/mol. The van der Waals surface area contributed by atoms with E-state index in [-0.39, 0.29) is 16.9 Å². The molecule has 0 amide bonds. The van der Waals surface area contributed by atoms with Gasteiger partial charge in [-0.25, -0.2) is 4.98 Å². The molecule has 7 rings (SSSR count). The predicted octanol–water partition coefficient (Wildman–Crippen LogP) is 6.46. The van der Waals surface area contributed by atoms with Gasteiger partial charge in [-0.1, -0.05) is 37.1 Å². The van der Waals surface area contributed by atoms with Gasteiger partial charge in [0.1, 0.15) is 5.65 Å². The number of rotatable bonds is 8. The molecule has 9 heteroatoms. The molecule has 2 aromatic heterocycles. The van der Waals surface area contributed by atoms with Crippen molar-refractivity contribution in [3.05, 3.63) is 76.7 Å². The Morgan fingerprint density at radius 3 is 2.43 bits per heavy atom. The first-order valence-corrected chi connectivity index (χ1v) is 18.7. The molecule has 46 heavy (non-hydrogen) atoms. The van der Waals surface area contributed by atoms with Gasteiger partial charge in [0.05, 0.1) is 0 Å². The van der Waals surface area contributed by atoms with Gasteiger partial charge in [-0.05, 0) is 121 Å². The van der Waals surface area contributed by atoms with Crippen molar-refractivity contribution in [3.8, 4) is 11.1 Å². The lowest BCUT2D eigenvalue weighted by Crippen LogP contribution is -2.32. The van der Waals surface area contributed by atoms with Gasteiger partial charge in [0.25, 0.3) is 5.56 Å². The average molecular weight is 640 g/mol. The normalized spacial score (nSPS) is 21.4. The van der Waals surface area contributed by atoms with E-state index in [9.17, 15) is 9.00 Å². The monoisotopic (exact) mass is 639 g/mol. The minimum Gasteiger partial charge on any atom is -0.381 e. The van der Waals surface area contributed by atoms with Crippen LogP contribution in [0.2, 0.25) is 0 Å². The van der Waals surface area contributed by atoms with Gasteiger partial charge >= 0.3 is 0 Å². The molecule has 1 saturated carbocycles. The summed E-state index contributed by atoms with van der Waals surface area (Å²) in [6.07, 6.45) is 11.1. The number of hydrogen-bond acceptors (Lipinski definition) is 7. The van der Waals surface area contributed by atoms with Gasteiger partial charge in [-0.15, -0.1) is 0 Å². The minimum absolute atomic E-state index is 0.00842. The number of nitrogens with one attached hydrogen (secondary N) is 1. The molecule has 4 aromatic rings. The smallest absolute Gasteiger partial charge is 0.260 e. The van der Waals surface area contributed by atoms with E-state index in [2.05, 4.69) is 52.4 Å². The Balaban J connectivity index is 1.16. The van der Waals surface area contributed by atoms with E-state index in [1.54, 1.807) is 0 Å². The second-order valence-corrected chi connectivity index (χ2v) is 16.1. The number of aromatic nitrogens is 3. The summed E-state index contributed by atoms with van der Waals surface area (Å²) < 4.78 is 21.0. The van der Waals surface area contributed by atoms with Gasteiger partial charge in [-0.2, -0.15) is 4.98 Å². The summed E-state index contributed by atoms with van der Waals surface area (Å²) in [5, 5.41) is 4.21. The van der Waals surface area contributed by atoms with Crippen LogP contribution in [0, 0.1) is 5.92 Å². The fourth-order valence-electron chi connectivity index (χ4n) is 7.63. The molecule has 2 saturated heterocycles. The van der Waals surface area contributed by atoms with Crippen LogP contribution in [0.5, 0.6) is 0 Å². The highest BCUT2D eigenvalue weighted by molar-refractivity contribution is 8.00. The fraction of sp³-hybridized carbons (Fsp3) is 0.459. The molecule has 3 fully saturated rings. The summed E-state index contributed by atoms with van der Waals surface area (Å²) in [5.74, 6) is 5.33. The van der Waals surface area contributed by atoms with Crippen molar-refractivity contribution in [3.63, 3.8) is 0 Å². The minimum atomic E-state index is -2.46. The molecule has 2 aromatic carbocycles. The Bertz CT molecular complexity index is 1840. The molecule has 8 nitrogen and oxygen atoms in total. The second kappa shape index (κ2) is 13.3. The summed E-state index contributed by atoms with van der Waals surface area (Å²) in [5.41, 5.74) is 4.30. The molecule has 242 valence electrons. The zero-order chi connectivity index (χ0) is 31.7. The fourth-order valence-corrected chi connectivity index (χ4v) is 9.56. The maximum absolute atomic E-state index is 14.2. The Kier molecular flexibility index (Phi) is 8.99. The van der Waals surface area contributed by atoms with Crippen LogP contribution < -0.4 is 10.9 Å². The maximum atomic E-state index is 14.2. The largest absolute Gasteiger partial charge is 0.381 e. The first-order valence-electron chi connectivity index (χ1n) is 16.9. The van der Waals surface area contributed by atoms with Gasteiger partial charge < -0.3 is 15.0 Å². The highest BCUT2D eigenvalue weighted by Crippen LogP contribution is 2.33. The van der Waals surface area contributed by atoms with Crippen LogP contribution in [0.25, 0.3) is 22.2 Å². The zero-order valence-electron chi connectivity index (χ0n) is 26.8. The molecule has 4 heterocycles. The summed E-state index contributed by atoms with van der Waals surface area (Å²) in [6, 6.07) is 18.2. The molecule has 0 bridgehead atoms. The standard InChI is InChI=1S/C37H45N5O3S/c1-41-19-5-6-27(25-41)22-26-9-13-30(14-10-26)39-37-38-24-29-23-34(36(43)42(35(29)40-37)31-7-3-4-8-31)28-11-15-32(16-12-28)46(2,44)33-17-20-45-21-18-33/h9-16,23-24,27,31,33H,2-8,17-22,25H2,1H3,(H,38,39,40). The quantitative estimate of drug-likeness (QED) is 0.222. The van der Waals surface area contributed by atoms with Gasteiger partial charge in [0.15, 0.2) is 0 Å². The Morgan fingerprint density at radius 1 is 0.978 bits per heavy atom. The average Bonchev–Trinajstić information content (AvgIpc) is 3.61. The van der Waals surface area contributed by atoms with Gasteiger partial charge in [-0.3, -0.25) is 13.6 Å². The molecule has 0 radical (unpaired) electrons. The Hall–Kier alpha value is -3.53. The Morgan fingerprint density at radius 2 is 1.72 bits per heavy atom. The highest BCUT2D eigenvalue weighted by atomic mass is 32.2. The van der Waals surface area contributed by atoms with Crippen LogP contribution >= 0.6 is 0 Å². The van der Waals surface area contributed by atoms with Crippen LogP contribution in [0.3, 0.4) is 0 Å². The Labute approximate surface area is 272 Å². The SMILES string of the molecule is C=S(=O)(c1ccc(-c2cc3cnc(Nc4ccc(CC5CCCN(C)C5)cc4)nc3n(C3CCCC3)c2=O)cc1)C1CCOCC1. The molecular formula is C37H45N5O3S. The summed E-state index contributed by atoms with van der Waals surface area (Å²) in [4.78, 5) is 26.9. The summed E-state index contributed by atoms with van der Waals surface area (Å²) in [6.45, 7) is 3.61. The van der Waals surface area contributed by atoms with Crippen molar-refractivity contribution >= 4 is 38.1 Å². The molecule has 1 aliphatic carbocycles. The number of hydrogen-bond donors (Lipinski definition) is 1. The first kappa shape index (κ1) is 31.1. The molecule has 2 unspecified atom stereocenters. The topological polar surface area (TPSA) is 89.4 Å². The number of ether oxygens (including phenoxy) is 1. The summed E-state index contributed by atoms with van der Waals surface area (Å²) in [7, 11) is -0.248. The van der Waals surface area contributed by atoms with Gasteiger partial charge in [0.2, 0.25) is 5.95 Å². The number of piperidine rings is 1. The number of nitrogens with zero attached hydrogens (tertiary/aromatic N) is 4. The number of benzene rings is 2. The highest BCUT2D eigenvalue weighted by Gasteiger charge is 2.26. The van der Waals surface area contributed by atoms with E-state index < -0.39 is 9.52 Å². The maximum Gasteiger partial charge on any atom is 0.260 e. The van der Waals surface area contributed by atoms with E-state index in [0.717, 1.165) is 73.0 Å². The number of anilines is 2. The molecule has 0 spiro atoms. The molecule has 1 N–H and O–H groups in total. The number of likely N-dealkylation sites (tertiary alicyclic amines) is 1.